The van der Waals surface area contributed by atoms with E-state index in [1.54, 1.807) is 18.5 Å². The van der Waals surface area contributed by atoms with Gasteiger partial charge in [-0.05, 0) is 24.5 Å². The van der Waals surface area contributed by atoms with Crippen molar-refractivity contribution in [2.45, 2.75) is 29.2 Å². The number of anilines is 1. The van der Waals surface area contributed by atoms with Gasteiger partial charge in [-0.3, -0.25) is 19.7 Å². The molecule has 5 nitrogen and oxygen atoms in total. The van der Waals surface area contributed by atoms with E-state index in [1.807, 2.05) is 36.4 Å². The number of aromatic nitrogens is 1. The number of rotatable bonds is 6. The fraction of sp³-hybridized carbons (Fsp3) is 0.269. The molecule has 1 aliphatic rings. The van der Waals surface area contributed by atoms with Gasteiger partial charge < -0.3 is 5.32 Å². The Balaban J connectivity index is 1.57. The van der Waals surface area contributed by atoms with E-state index in [-0.39, 0.29) is 6.04 Å². The van der Waals surface area contributed by atoms with Crippen molar-refractivity contribution >= 4 is 52.1 Å². The molecule has 0 bridgehead atoms. The fourth-order valence-electron chi connectivity index (χ4n) is 4.01. The monoisotopic (exact) mass is 514 g/mol. The number of carbonyl (C=O) groups excluding carboxylic acids is 1. The van der Waals surface area contributed by atoms with Crippen LogP contribution in [0.5, 0.6) is 0 Å². The topological polar surface area (TPSA) is 57.6 Å². The molecule has 1 aromatic heterocycles. The van der Waals surface area contributed by atoms with E-state index in [1.165, 1.54) is 5.56 Å². The van der Waals surface area contributed by atoms with Gasteiger partial charge in [0.1, 0.15) is 0 Å². The number of hydrogen-bond acceptors (Lipinski definition) is 4. The number of halogens is 3. The van der Waals surface area contributed by atoms with E-state index in [0.29, 0.717) is 11.3 Å². The summed E-state index contributed by atoms with van der Waals surface area (Å²) in [5, 5.41) is 2.71. The van der Waals surface area contributed by atoms with E-state index in [9.17, 15) is 4.79 Å². The Labute approximate surface area is 214 Å². The van der Waals surface area contributed by atoms with Gasteiger partial charge in [0.25, 0.3) is 9.70 Å². The van der Waals surface area contributed by atoms with Gasteiger partial charge in [-0.25, -0.2) is 0 Å². The van der Waals surface area contributed by atoms with Gasteiger partial charge in [0.2, 0.25) is 0 Å². The first-order chi connectivity index (χ1) is 16.4. The second-order valence-corrected chi connectivity index (χ2v) is 10.5. The third-order valence-electron chi connectivity index (χ3n) is 5.75. The van der Waals surface area contributed by atoms with Crippen LogP contribution < -0.4 is 5.32 Å². The predicted octanol–water partition coefficient (Wildman–Crippen LogP) is 5.89. The Morgan fingerprint density at radius 2 is 1.65 bits per heavy atom. The highest BCUT2D eigenvalue weighted by Gasteiger charge is 2.31. The normalized spacial score (nSPS) is 15.8. The lowest BCUT2D eigenvalue weighted by molar-refractivity contribution is -0.115. The molecule has 0 aliphatic carbocycles. The minimum absolute atomic E-state index is 0.152. The number of amides is 1. The zero-order valence-corrected chi connectivity index (χ0v) is 20.8. The summed E-state index contributed by atoms with van der Waals surface area (Å²) in [6, 6.07) is 22.2. The Morgan fingerprint density at radius 1 is 1.00 bits per heavy atom. The number of alkyl halides is 3. The molecule has 0 atom stereocenters. The first-order valence-electron chi connectivity index (χ1n) is 11.1. The second-order valence-electron chi connectivity index (χ2n) is 8.21. The molecule has 1 amide bonds. The molecule has 1 fully saturated rings. The molecular weight excluding hydrogens is 491 g/mol. The van der Waals surface area contributed by atoms with Crippen molar-refractivity contribution in [2.24, 2.45) is 4.99 Å². The summed E-state index contributed by atoms with van der Waals surface area (Å²) in [6.07, 6.45) is 5.16. The number of carbonyl (C=O) groups is 1. The zero-order valence-electron chi connectivity index (χ0n) is 18.5. The van der Waals surface area contributed by atoms with Crippen LogP contribution in [0.25, 0.3) is 0 Å². The Kier molecular flexibility index (Phi) is 8.22. The number of pyridine rings is 1. The van der Waals surface area contributed by atoms with Crippen molar-refractivity contribution in [1.82, 2.24) is 9.88 Å². The third kappa shape index (κ3) is 6.57. The van der Waals surface area contributed by atoms with E-state index in [0.717, 1.165) is 43.8 Å². The summed E-state index contributed by atoms with van der Waals surface area (Å²) in [7, 11) is 0. The van der Waals surface area contributed by atoms with Crippen molar-refractivity contribution in [3.8, 4) is 0 Å². The highest BCUT2D eigenvalue weighted by molar-refractivity contribution is 6.76. The van der Waals surface area contributed by atoms with Crippen molar-refractivity contribution in [3.63, 3.8) is 0 Å². The van der Waals surface area contributed by atoms with Crippen LogP contribution in [0, 0.1) is 0 Å². The van der Waals surface area contributed by atoms with E-state index >= 15 is 0 Å². The number of nitrogens with one attached hydrogen (secondary N) is 1. The molecule has 2 heterocycles. The van der Waals surface area contributed by atoms with Crippen molar-refractivity contribution in [2.75, 3.05) is 18.4 Å². The highest BCUT2D eigenvalue weighted by Crippen LogP contribution is 2.29. The average Bonchev–Trinajstić information content (AvgIpc) is 2.85. The SMILES string of the molecule is O=C(Nc1ccncc1C(=NC1CCN(Cc2ccccc2)CC1)c1ccccc1)C(Cl)(Cl)Cl. The summed E-state index contributed by atoms with van der Waals surface area (Å²) in [4.78, 5) is 24.2. The predicted molar refractivity (Wildman–Crippen MR) is 140 cm³/mol. The lowest BCUT2D eigenvalue weighted by Crippen LogP contribution is -2.35. The van der Waals surface area contributed by atoms with Crippen molar-refractivity contribution in [3.05, 3.63) is 95.8 Å². The van der Waals surface area contributed by atoms with Crippen LogP contribution >= 0.6 is 34.8 Å². The smallest absolute Gasteiger partial charge is 0.276 e. The highest BCUT2D eigenvalue weighted by atomic mass is 35.6. The number of nitrogens with zero attached hydrogens (tertiary/aromatic N) is 3. The summed E-state index contributed by atoms with van der Waals surface area (Å²) in [6.45, 7) is 2.88. The molecule has 1 N–H and O–H groups in total. The number of benzene rings is 2. The molecule has 0 spiro atoms. The molecule has 3 aromatic rings. The van der Waals surface area contributed by atoms with E-state index in [4.69, 9.17) is 39.8 Å². The van der Waals surface area contributed by atoms with Gasteiger partial charge in [0.15, 0.2) is 0 Å². The standard InChI is InChI=1S/C26H25Cl3N4O/c27-26(28,29)25(34)32-23-11-14-30-17-22(23)24(20-9-5-2-6-10-20)31-21-12-15-33(16-13-21)18-19-7-3-1-4-8-19/h1-11,14,17,21H,12-13,15-16,18H2,(H,30,32,34). The number of hydrogen-bond donors (Lipinski definition) is 1. The molecule has 176 valence electrons. The molecule has 4 rings (SSSR count). The first-order valence-corrected chi connectivity index (χ1v) is 12.3. The van der Waals surface area contributed by atoms with Crippen molar-refractivity contribution < 1.29 is 4.79 Å². The Hall–Kier alpha value is -2.44. The molecule has 34 heavy (non-hydrogen) atoms. The van der Waals surface area contributed by atoms with Crippen LogP contribution in [-0.2, 0) is 11.3 Å². The van der Waals surface area contributed by atoms with Crippen LogP contribution in [0.4, 0.5) is 5.69 Å². The Bertz CT molecular complexity index is 1130. The molecule has 1 saturated heterocycles. The van der Waals surface area contributed by atoms with Crippen LogP contribution in [0.3, 0.4) is 0 Å². The van der Waals surface area contributed by atoms with Gasteiger partial charge in [0, 0.05) is 43.2 Å². The third-order valence-corrected chi connectivity index (χ3v) is 6.26. The molecule has 0 unspecified atom stereocenters. The van der Waals surface area contributed by atoms with Gasteiger partial charge in [-0.2, -0.15) is 0 Å². The minimum atomic E-state index is -2.07. The van der Waals surface area contributed by atoms with Gasteiger partial charge >= 0.3 is 0 Å². The summed E-state index contributed by atoms with van der Waals surface area (Å²) in [5.74, 6) is -0.730. The average molecular weight is 516 g/mol. The fourth-order valence-corrected chi connectivity index (χ4v) is 4.15. The van der Waals surface area contributed by atoms with E-state index in [2.05, 4.69) is 39.5 Å². The summed E-state index contributed by atoms with van der Waals surface area (Å²) >= 11 is 17.3. The van der Waals surface area contributed by atoms with Gasteiger partial charge in [-0.15, -0.1) is 0 Å². The Morgan fingerprint density at radius 3 is 2.29 bits per heavy atom. The quantitative estimate of drug-likeness (QED) is 0.329. The molecule has 0 radical (unpaired) electrons. The lowest BCUT2D eigenvalue weighted by Gasteiger charge is -2.30. The summed E-state index contributed by atoms with van der Waals surface area (Å²) in [5.41, 5.74) is 4.19. The summed E-state index contributed by atoms with van der Waals surface area (Å²) < 4.78 is -2.07. The number of likely N-dealkylation sites (tertiary alicyclic amines) is 1. The largest absolute Gasteiger partial charge is 0.322 e. The lowest BCUT2D eigenvalue weighted by atomic mass is 9.99. The maximum Gasteiger partial charge on any atom is 0.276 e. The first kappa shape index (κ1) is 24.7. The van der Waals surface area contributed by atoms with Gasteiger partial charge in [0.05, 0.1) is 17.4 Å². The molecule has 8 heteroatoms. The molecule has 1 aliphatic heterocycles. The zero-order chi connectivity index (χ0) is 24.0. The van der Waals surface area contributed by atoms with Crippen LogP contribution in [-0.4, -0.2) is 44.4 Å². The minimum Gasteiger partial charge on any atom is -0.322 e. The van der Waals surface area contributed by atoms with Crippen LogP contribution in [0.2, 0.25) is 0 Å². The maximum absolute atomic E-state index is 12.3. The second kappa shape index (κ2) is 11.3. The molecule has 2 aromatic carbocycles. The number of piperidine rings is 1. The molecular formula is C26H25Cl3N4O. The number of aliphatic imine (C=N–C) groups is 1. The van der Waals surface area contributed by atoms with Crippen LogP contribution in [0.15, 0.2) is 84.1 Å². The van der Waals surface area contributed by atoms with Crippen molar-refractivity contribution in [1.29, 1.82) is 0 Å². The van der Waals surface area contributed by atoms with Gasteiger partial charge in [-0.1, -0.05) is 95.5 Å². The maximum atomic E-state index is 12.3. The van der Waals surface area contributed by atoms with Crippen LogP contribution in [0.1, 0.15) is 29.5 Å². The van der Waals surface area contributed by atoms with E-state index < -0.39 is 9.70 Å². The molecule has 0 saturated carbocycles.